The van der Waals surface area contributed by atoms with E-state index in [1.54, 1.807) is 21.0 Å². The first-order chi connectivity index (χ1) is 14.7. The van der Waals surface area contributed by atoms with Gasteiger partial charge < -0.3 is 9.64 Å². The highest BCUT2D eigenvalue weighted by molar-refractivity contribution is 5.80. The summed E-state index contributed by atoms with van der Waals surface area (Å²) in [5.41, 5.74) is 2.50. The standard InChI is InChI=1S/C21H22F3N5O2/c1-12-16(13(2)29-20(25-12)26-19(27-29)21(22,23)24)11-18(30)28-10-4-5-17(28)14-6-8-15(31-3)9-7-14/h6-9,17H,4-5,10-11H2,1-3H3. The molecule has 1 aromatic carbocycles. The topological polar surface area (TPSA) is 72.6 Å². The molecule has 1 aliphatic heterocycles. The van der Waals surface area contributed by atoms with Crippen LogP contribution < -0.4 is 4.74 Å². The van der Waals surface area contributed by atoms with Crippen LogP contribution in [0.2, 0.25) is 0 Å². The van der Waals surface area contributed by atoms with Crippen LogP contribution >= 0.6 is 0 Å². The molecule has 1 atom stereocenters. The Labute approximate surface area is 176 Å². The minimum atomic E-state index is -4.66. The zero-order chi connectivity index (χ0) is 22.3. The van der Waals surface area contributed by atoms with Crippen molar-refractivity contribution in [1.82, 2.24) is 24.5 Å². The predicted molar refractivity (Wildman–Crippen MR) is 106 cm³/mol. The van der Waals surface area contributed by atoms with Gasteiger partial charge in [-0.05, 0) is 44.4 Å². The molecule has 3 heterocycles. The van der Waals surface area contributed by atoms with E-state index in [2.05, 4.69) is 15.1 Å². The fourth-order valence-electron chi connectivity index (χ4n) is 4.07. The lowest BCUT2D eigenvalue weighted by atomic mass is 10.0. The van der Waals surface area contributed by atoms with Crippen LogP contribution in [-0.2, 0) is 17.4 Å². The van der Waals surface area contributed by atoms with Gasteiger partial charge in [0.1, 0.15) is 5.75 Å². The number of amides is 1. The van der Waals surface area contributed by atoms with Crippen LogP contribution in [0.25, 0.3) is 5.78 Å². The number of alkyl halides is 3. The summed E-state index contributed by atoms with van der Waals surface area (Å²) in [6.07, 6.45) is -2.89. The van der Waals surface area contributed by atoms with Gasteiger partial charge in [0.2, 0.25) is 5.91 Å². The summed E-state index contributed by atoms with van der Waals surface area (Å²) in [5, 5.41) is 3.55. The number of likely N-dealkylation sites (tertiary alicyclic amines) is 1. The Hall–Kier alpha value is -3.17. The fraction of sp³-hybridized carbons (Fsp3) is 0.429. The first-order valence-electron chi connectivity index (χ1n) is 9.92. The van der Waals surface area contributed by atoms with Crippen LogP contribution in [0.1, 0.15) is 47.2 Å². The van der Waals surface area contributed by atoms with E-state index < -0.39 is 12.0 Å². The maximum absolute atomic E-state index is 13.2. The zero-order valence-electron chi connectivity index (χ0n) is 17.4. The minimum absolute atomic E-state index is 0.0362. The van der Waals surface area contributed by atoms with Crippen LogP contribution in [-0.4, -0.2) is 44.0 Å². The highest BCUT2D eigenvalue weighted by Crippen LogP contribution is 2.34. The number of aryl methyl sites for hydroxylation is 2. The molecular weight excluding hydrogens is 411 g/mol. The molecule has 0 bridgehead atoms. The lowest BCUT2D eigenvalue weighted by Gasteiger charge is -2.26. The molecule has 0 aliphatic carbocycles. The first-order valence-corrected chi connectivity index (χ1v) is 9.92. The van der Waals surface area contributed by atoms with Gasteiger partial charge in [0.15, 0.2) is 0 Å². The maximum Gasteiger partial charge on any atom is 0.453 e. The molecule has 0 radical (unpaired) electrons. The van der Waals surface area contributed by atoms with Gasteiger partial charge in [-0.15, -0.1) is 5.10 Å². The van der Waals surface area contributed by atoms with Gasteiger partial charge in [0.25, 0.3) is 11.6 Å². The number of hydrogen-bond donors (Lipinski definition) is 0. The third kappa shape index (κ3) is 3.94. The minimum Gasteiger partial charge on any atom is -0.497 e. The summed E-state index contributed by atoms with van der Waals surface area (Å²) in [6.45, 7) is 3.93. The number of carbonyl (C=O) groups excluding carboxylic acids is 1. The summed E-state index contributed by atoms with van der Waals surface area (Å²) in [4.78, 5) is 22.6. The van der Waals surface area contributed by atoms with Crippen molar-refractivity contribution in [1.29, 1.82) is 0 Å². The molecule has 4 rings (SSSR count). The van der Waals surface area contributed by atoms with E-state index in [1.165, 1.54) is 0 Å². The van der Waals surface area contributed by atoms with E-state index >= 15 is 0 Å². The van der Waals surface area contributed by atoms with Crippen molar-refractivity contribution in [3.63, 3.8) is 0 Å². The van der Waals surface area contributed by atoms with Gasteiger partial charge >= 0.3 is 6.18 Å². The summed E-state index contributed by atoms with van der Waals surface area (Å²) in [6, 6.07) is 7.59. The van der Waals surface area contributed by atoms with Gasteiger partial charge in [-0.2, -0.15) is 18.2 Å². The third-order valence-electron chi connectivity index (χ3n) is 5.70. The van der Waals surface area contributed by atoms with Crippen LogP contribution in [0.15, 0.2) is 24.3 Å². The summed E-state index contributed by atoms with van der Waals surface area (Å²) in [5.74, 6) is -0.723. The molecule has 1 saturated heterocycles. The molecule has 1 amide bonds. The molecule has 10 heteroatoms. The number of aromatic nitrogens is 4. The number of nitrogens with zero attached hydrogens (tertiary/aromatic N) is 5. The highest BCUT2D eigenvalue weighted by Gasteiger charge is 2.37. The lowest BCUT2D eigenvalue weighted by molar-refractivity contribution is -0.144. The Morgan fingerprint density at radius 3 is 2.55 bits per heavy atom. The second kappa shape index (κ2) is 7.82. The molecule has 0 N–H and O–H groups in total. The molecule has 0 spiro atoms. The maximum atomic E-state index is 13.2. The van der Waals surface area contributed by atoms with Gasteiger partial charge in [0.05, 0.1) is 19.6 Å². The Kier molecular flexibility index (Phi) is 5.32. The Morgan fingerprint density at radius 1 is 1.19 bits per heavy atom. The van der Waals surface area contributed by atoms with E-state index in [0.717, 1.165) is 28.7 Å². The smallest absolute Gasteiger partial charge is 0.453 e. The molecule has 31 heavy (non-hydrogen) atoms. The Balaban J connectivity index is 1.61. The number of benzene rings is 1. The van der Waals surface area contributed by atoms with Crippen molar-refractivity contribution in [2.45, 2.75) is 45.3 Å². The van der Waals surface area contributed by atoms with Crippen LogP contribution in [0, 0.1) is 13.8 Å². The number of hydrogen-bond acceptors (Lipinski definition) is 5. The highest BCUT2D eigenvalue weighted by atomic mass is 19.4. The third-order valence-corrected chi connectivity index (χ3v) is 5.70. The summed E-state index contributed by atoms with van der Waals surface area (Å²) < 4.78 is 45.2. The fourth-order valence-corrected chi connectivity index (χ4v) is 4.07. The van der Waals surface area contributed by atoms with E-state index in [-0.39, 0.29) is 24.1 Å². The molecule has 164 valence electrons. The number of fused-ring (bicyclic) bond motifs is 1. The van der Waals surface area contributed by atoms with Crippen molar-refractivity contribution in [2.75, 3.05) is 13.7 Å². The van der Waals surface area contributed by atoms with E-state index in [0.29, 0.717) is 23.5 Å². The summed E-state index contributed by atoms with van der Waals surface area (Å²) >= 11 is 0. The number of methoxy groups -OCH3 is 1. The molecule has 0 saturated carbocycles. The van der Waals surface area contributed by atoms with Crippen molar-refractivity contribution in [3.05, 3.63) is 52.6 Å². The summed E-state index contributed by atoms with van der Waals surface area (Å²) in [7, 11) is 1.60. The van der Waals surface area contributed by atoms with Crippen LogP contribution in [0.5, 0.6) is 5.75 Å². The number of rotatable bonds is 4. The second-order valence-electron chi connectivity index (χ2n) is 7.60. The van der Waals surface area contributed by atoms with E-state index in [4.69, 9.17) is 4.74 Å². The molecular formula is C21H22F3N5O2. The monoisotopic (exact) mass is 433 g/mol. The number of halogens is 3. The number of ether oxygens (including phenoxy) is 1. The molecule has 2 aromatic heterocycles. The molecule has 1 fully saturated rings. The average molecular weight is 433 g/mol. The Morgan fingerprint density at radius 2 is 1.90 bits per heavy atom. The van der Waals surface area contributed by atoms with Crippen molar-refractivity contribution in [2.24, 2.45) is 0 Å². The molecule has 1 aliphatic rings. The average Bonchev–Trinajstić information content (AvgIpc) is 3.38. The number of carbonyl (C=O) groups is 1. The molecule has 3 aromatic rings. The lowest BCUT2D eigenvalue weighted by Crippen LogP contribution is -2.32. The van der Waals surface area contributed by atoms with Gasteiger partial charge in [0, 0.05) is 23.5 Å². The SMILES string of the molecule is COc1ccc(C2CCCN2C(=O)Cc2c(C)nc3nc(C(F)(F)F)nn3c2C)cc1. The predicted octanol–water partition coefficient (Wildman–Crippen LogP) is 3.67. The van der Waals surface area contributed by atoms with Crippen LogP contribution in [0.3, 0.4) is 0 Å². The largest absolute Gasteiger partial charge is 0.497 e. The van der Waals surface area contributed by atoms with Crippen molar-refractivity contribution >= 4 is 11.7 Å². The Bertz CT molecular complexity index is 1120. The second-order valence-corrected chi connectivity index (χ2v) is 7.60. The molecule has 1 unspecified atom stereocenters. The van der Waals surface area contributed by atoms with Crippen molar-refractivity contribution in [3.8, 4) is 5.75 Å². The van der Waals surface area contributed by atoms with Gasteiger partial charge in [-0.1, -0.05) is 12.1 Å². The van der Waals surface area contributed by atoms with Gasteiger partial charge in [-0.3, -0.25) is 4.79 Å². The quantitative estimate of drug-likeness (QED) is 0.628. The van der Waals surface area contributed by atoms with E-state index in [1.807, 2.05) is 29.2 Å². The van der Waals surface area contributed by atoms with Crippen LogP contribution in [0.4, 0.5) is 13.2 Å². The van der Waals surface area contributed by atoms with Gasteiger partial charge in [-0.25, -0.2) is 9.50 Å². The van der Waals surface area contributed by atoms with Crippen molar-refractivity contribution < 1.29 is 22.7 Å². The first kappa shape index (κ1) is 21.1. The molecule has 7 nitrogen and oxygen atoms in total. The normalized spacial score (nSPS) is 16.8. The zero-order valence-corrected chi connectivity index (χ0v) is 17.4. The van der Waals surface area contributed by atoms with E-state index in [9.17, 15) is 18.0 Å².